The number of piperidine rings is 2. The lowest BCUT2D eigenvalue weighted by Crippen LogP contribution is -2.46. The summed E-state index contributed by atoms with van der Waals surface area (Å²) in [6, 6.07) is 7.22. The Morgan fingerprint density at radius 3 is 2.37 bits per heavy atom. The summed E-state index contributed by atoms with van der Waals surface area (Å²) >= 11 is 0. The number of amides is 1. The van der Waals surface area contributed by atoms with E-state index in [1.54, 1.807) is 16.9 Å². The van der Waals surface area contributed by atoms with Crippen LogP contribution in [0.3, 0.4) is 0 Å². The van der Waals surface area contributed by atoms with Crippen LogP contribution < -0.4 is 10.2 Å². The Kier molecular flexibility index (Phi) is 5.32. The van der Waals surface area contributed by atoms with Crippen molar-refractivity contribution in [1.82, 2.24) is 25.0 Å². The van der Waals surface area contributed by atoms with Crippen LogP contribution in [0.5, 0.6) is 0 Å². The zero-order valence-electron chi connectivity index (χ0n) is 19.7. The predicted molar refractivity (Wildman–Crippen MR) is 128 cm³/mol. The van der Waals surface area contributed by atoms with Crippen LogP contribution in [-0.2, 0) is 6.54 Å². The van der Waals surface area contributed by atoms with Crippen molar-refractivity contribution < 1.29 is 13.6 Å². The summed E-state index contributed by atoms with van der Waals surface area (Å²) < 4.78 is 30.7. The fraction of sp³-hybridized carbons (Fsp3) is 0.423. The van der Waals surface area contributed by atoms with Gasteiger partial charge in [0.05, 0.1) is 34.7 Å². The molecule has 2 fully saturated rings. The summed E-state index contributed by atoms with van der Waals surface area (Å²) in [5.41, 5.74) is 1.70. The molecule has 35 heavy (non-hydrogen) atoms. The van der Waals surface area contributed by atoms with Gasteiger partial charge in [0.2, 0.25) is 0 Å². The van der Waals surface area contributed by atoms with Gasteiger partial charge in [0, 0.05) is 25.4 Å². The van der Waals surface area contributed by atoms with Gasteiger partial charge in [0.15, 0.2) is 5.82 Å². The smallest absolute Gasteiger partial charge is 0.255 e. The second-order valence-electron chi connectivity index (χ2n) is 10.0. The average Bonchev–Trinajstić information content (AvgIpc) is 3.49. The Labute approximate surface area is 202 Å². The van der Waals surface area contributed by atoms with Crippen LogP contribution in [-0.4, -0.2) is 58.8 Å². The van der Waals surface area contributed by atoms with Crippen LogP contribution in [0.2, 0.25) is 0 Å². The maximum Gasteiger partial charge on any atom is 0.255 e. The summed E-state index contributed by atoms with van der Waals surface area (Å²) in [6.45, 7) is 4.43. The normalized spacial score (nSPS) is 19.7. The topological polar surface area (TPSA) is 66.3 Å². The van der Waals surface area contributed by atoms with Crippen molar-refractivity contribution in [2.75, 3.05) is 38.1 Å². The van der Waals surface area contributed by atoms with E-state index in [1.807, 2.05) is 6.07 Å². The number of benzene rings is 1. The molecule has 1 aromatic carbocycles. The number of anilines is 1. The lowest BCUT2D eigenvalue weighted by molar-refractivity contribution is 0.0943. The Balaban J connectivity index is 1.31. The first kappa shape index (κ1) is 22.2. The molecule has 1 N–H and O–H groups in total. The van der Waals surface area contributed by atoms with Crippen LogP contribution in [0.1, 0.15) is 41.7 Å². The lowest BCUT2D eigenvalue weighted by atomic mass is 9.71. The molecular weight excluding hydrogens is 450 g/mol. The third-order valence-electron chi connectivity index (χ3n) is 7.95. The SMILES string of the molecule is CN1CCC2(CC1)CCN(c1ccn(-c3cc(-c4c(F)cccc4F)nc4c3C(=O)NC4)n1)CC2. The van der Waals surface area contributed by atoms with Gasteiger partial charge in [-0.2, -0.15) is 5.10 Å². The lowest BCUT2D eigenvalue weighted by Gasteiger charge is -2.46. The summed E-state index contributed by atoms with van der Waals surface area (Å²) in [4.78, 5) is 21.7. The van der Waals surface area contributed by atoms with E-state index in [0.29, 0.717) is 22.4 Å². The number of carbonyl (C=O) groups is 1. The first-order valence-corrected chi connectivity index (χ1v) is 12.2. The zero-order valence-corrected chi connectivity index (χ0v) is 19.7. The van der Waals surface area contributed by atoms with Gasteiger partial charge in [-0.05, 0) is 69.4 Å². The summed E-state index contributed by atoms with van der Waals surface area (Å²) in [5, 5.41) is 7.55. The van der Waals surface area contributed by atoms with Crippen molar-refractivity contribution in [1.29, 1.82) is 0 Å². The molecule has 182 valence electrons. The molecule has 0 atom stereocenters. The molecule has 0 bridgehead atoms. The van der Waals surface area contributed by atoms with Gasteiger partial charge in [-0.15, -0.1) is 0 Å². The molecule has 2 saturated heterocycles. The largest absolute Gasteiger partial charge is 0.355 e. The van der Waals surface area contributed by atoms with Gasteiger partial charge >= 0.3 is 0 Å². The van der Waals surface area contributed by atoms with Crippen LogP contribution in [0.25, 0.3) is 16.9 Å². The molecule has 5 heterocycles. The number of rotatable bonds is 3. The summed E-state index contributed by atoms with van der Waals surface area (Å²) in [7, 11) is 2.19. The Bertz CT molecular complexity index is 1270. The Hall–Kier alpha value is -3.33. The van der Waals surface area contributed by atoms with Crippen molar-refractivity contribution in [3.8, 4) is 16.9 Å². The van der Waals surface area contributed by atoms with Crippen LogP contribution in [0, 0.1) is 17.0 Å². The van der Waals surface area contributed by atoms with Crippen molar-refractivity contribution in [3.05, 3.63) is 59.4 Å². The molecule has 3 aliphatic rings. The Morgan fingerprint density at radius 1 is 0.971 bits per heavy atom. The van der Waals surface area contributed by atoms with Crippen LogP contribution >= 0.6 is 0 Å². The molecule has 7 nitrogen and oxygen atoms in total. The van der Waals surface area contributed by atoms with Crippen LogP contribution in [0.4, 0.5) is 14.6 Å². The van der Waals surface area contributed by atoms with Crippen molar-refractivity contribution in [2.24, 2.45) is 5.41 Å². The fourth-order valence-corrected chi connectivity index (χ4v) is 5.68. The molecule has 2 aromatic heterocycles. The maximum atomic E-state index is 14.5. The van der Waals surface area contributed by atoms with Gasteiger partial charge in [-0.3, -0.25) is 4.79 Å². The summed E-state index contributed by atoms with van der Waals surface area (Å²) in [6.07, 6.45) is 6.60. The molecule has 0 saturated carbocycles. The number of hydrogen-bond donors (Lipinski definition) is 1. The standard InChI is InChI=1S/C26H28F2N6O/c1-32-11-6-26(7-12-32)8-13-33(14-9-26)22-5-10-34(31-22)21-15-19(23-17(27)3-2-4-18(23)28)30-20-16-29-25(35)24(20)21/h2-5,10,15H,6-9,11-14,16H2,1H3,(H,29,35). The zero-order chi connectivity index (χ0) is 24.2. The Morgan fingerprint density at radius 2 is 1.66 bits per heavy atom. The van der Waals surface area contributed by atoms with Gasteiger partial charge in [-0.25, -0.2) is 18.4 Å². The summed E-state index contributed by atoms with van der Waals surface area (Å²) in [5.74, 6) is -0.811. The van der Waals surface area contributed by atoms with Gasteiger partial charge < -0.3 is 15.1 Å². The first-order chi connectivity index (χ1) is 16.9. The monoisotopic (exact) mass is 478 g/mol. The number of halogens is 2. The van der Waals surface area contributed by atoms with E-state index < -0.39 is 11.6 Å². The van der Waals surface area contributed by atoms with Crippen molar-refractivity contribution >= 4 is 11.7 Å². The molecule has 1 spiro atoms. The minimum absolute atomic E-state index is 0.144. The number of carbonyl (C=O) groups excluding carboxylic acids is 1. The van der Waals surface area contributed by atoms with Gasteiger partial charge in [-0.1, -0.05) is 6.07 Å². The molecule has 9 heteroatoms. The average molecular weight is 479 g/mol. The number of aromatic nitrogens is 3. The number of nitrogens with one attached hydrogen (secondary N) is 1. The highest BCUT2D eigenvalue weighted by molar-refractivity contribution is 6.01. The molecule has 0 radical (unpaired) electrons. The minimum atomic E-state index is -0.696. The second-order valence-corrected chi connectivity index (χ2v) is 10.0. The van der Waals surface area contributed by atoms with E-state index in [1.165, 1.54) is 31.0 Å². The van der Waals surface area contributed by atoms with E-state index in [9.17, 15) is 13.6 Å². The number of fused-ring (bicyclic) bond motifs is 1. The molecule has 0 aliphatic carbocycles. The molecule has 1 amide bonds. The van der Waals surface area contributed by atoms with Gasteiger partial charge in [0.1, 0.15) is 11.6 Å². The number of pyridine rings is 1. The maximum absolute atomic E-state index is 14.5. The molecular formula is C26H28F2N6O. The van der Waals surface area contributed by atoms with E-state index in [-0.39, 0.29) is 23.7 Å². The fourth-order valence-electron chi connectivity index (χ4n) is 5.68. The number of nitrogens with zero attached hydrogens (tertiary/aromatic N) is 5. The molecule has 6 rings (SSSR count). The van der Waals surface area contributed by atoms with E-state index in [2.05, 4.69) is 27.1 Å². The highest BCUT2D eigenvalue weighted by Crippen LogP contribution is 2.41. The van der Waals surface area contributed by atoms with E-state index >= 15 is 0 Å². The second kappa shape index (κ2) is 8.41. The molecule has 3 aliphatic heterocycles. The van der Waals surface area contributed by atoms with E-state index in [4.69, 9.17) is 5.10 Å². The highest BCUT2D eigenvalue weighted by Gasteiger charge is 2.37. The third-order valence-corrected chi connectivity index (χ3v) is 7.95. The first-order valence-electron chi connectivity index (χ1n) is 12.2. The number of likely N-dealkylation sites (tertiary alicyclic amines) is 1. The van der Waals surface area contributed by atoms with Gasteiger partial charge in [0.25, 0.3) is 5.91 Å². The predicted octanol–water partition coefficient (Wildman–Crippen LogP) is 3.77. The quantitative estimate of drug-likeness (QED) is 0.621. The molecule has 3 aromatic rings. The number of hydrogen-bond acceptors (Lipinski definition) is 5. The van der Waals surface area contributed by atoms with Crippen molar-refractivity contribution in [3.63, 3.8) is 0 Å². The molecule has 0 unspecified atom stereocenters. The van der Waals surface area contributed by atoms with Crippen LogP contribution in [0.15, 0.2) is 36.5 Å². The third kappa shape index (κ3) is 3.87. The highest BCUT2D eigenvalue weighted by atomic mass is 19.1. The minimum Gasteiger partial charge on any atom is -0.355 e. The van der Waals surface area contributed by atoms with E-state index in [0.717, 1.165) is 44.8 Å². The van der Waals surface area contributed by atoms with Crippen molar-refractivity contribution in [2.45, 2.75) is 32.2 Å².